The third-order valence-corrected chi connectivity index (χ3v) is 3.23. The van der Waals surface area contributed by atoms with Crippen molar-refractivity contribution in [1.82, 2.24) is 5.32 Å². The Kier molecular flexibility index (Phi) is 6.45. The summed E-state index contributed by atoms with van der Waals surface area (Å²) in [5, 5.41) is 3.14. The van der Waals surface area contributed by atoms with Crippen LogP contribution < -0.4 is 11.1 Å². The molecule has 0 atom stereocenters. The molecule has 0 bridgehead atoms. The van der Waals surface area contributed by atoms with Crippen molar-refractivity contribution in [3.63, 3.8) is 0 Å². The minimum absolute atomic E-state index is 0.300. The van der Waals surface area contributed by atoms with E-state index in [1.165, 1.54) is 24.3 Å². The molecule has 0 aliphatic rings. The number of hydrogen-bond acceptors (Lipinski definition) is 3. The molecule has 0 aromatic heterocycles. The van der Waals surface area contributed by atoms with Gasteiger partial charge in [0.25, 0.3) is 0 Å². The van der Waals surface area contributed by atoms with E-state index in [0.29, 0.717) is 19.7 Å². The van der Waals surface area contributed by atoms with Gasteiger partial charge in [-0.1, -0.05) is 24.3 Å². The maximum Gasteiger partial charge on any atom is 0.123 e. The third kappa shape index (κ3) is 4.87. The second-order valence-corrected chi connectivity index (χ2v) is 4.89. The molecule has 0 spiro atoms. The fraction of sp³-hybridized carbons (Fsp3) is 0.294. The van der Waals surface area contributed by atoms with Crippen LogP contribution in [0.15, 0.2) is 48.5 Å². The van der Waals surface area contributed by atoms with Gasteiger partial charge in [-0.05, 0) is 35.4 Å². The first-order valence-corrected chi connectivity index (χ1v) is 7.24. The number of benzene rings is 2. The van der Waals surface area contributed by atoms with Gasteiger partial charge in [-0.25, -0.2) is 8.78 Å². The zero-order chi connectivity index (χ0) is 15.8. The summed E-state index contributed by atoms with van der Waals surface area (Å²) < 4.78 is 32.1. The molecule has 2 rings (SSSR count). The smallest absolute Gasteiger partial charge is 0.123 e. The summed E-state index contributed by atoms with van der Waals surface area (Å²) in [6.07, 6.45) is -0.360. The van der Waals surface area contributed by atoms with E-state index in [1.807, 2.05) is 0 Å². The molecule has 22 heavy (non-hydrogen) atoms. The second kappa shape index (κ2) is 8.58. The summed E-state index contributed by atoms with van der Waals surface area (Å²) in [5.74, 6) is -0.600. The molecule has 0 amide bonds. The minimum atomic E-state index is -0.360. The monoisotopic (exact) mass is 306 g/mol. The van der Waals surface area contributed by atoms with Crippen molar-refractivity contribution in [3.8, 4) is 0 Å². The van der Waals surface area contributed by atoms with E-state index in [1.54, 1.807) is 24.3 Å². The van der Waals surface area contributed by atoms with Gasteiger partial charge >= 0.3 is 0 Å². The summed E-state index contributed by atoms with van der Waals surface area (Å²) in [6, 6.07) is 12.3. The molecule has 118 valence electrons. The molecule has 0 aliphatic carbocycles. The fourth-order valence-electron chi connectivity index (χ4n) is 2.14. The van der Waals surface area contributed by atoms with Crippen LogP contribution in [-0.2, 0) is 4.74 Å². The Morgan fingerprint density at radius 3 is 1.82 bits per heavy atom. The molecule has 5 heteroatoms. The Morgan fingerprint density at radius 2 is 1.36 bits per heavy atom. The van der Waals surface area contributed by atoms with Crippen LogP contribution in [0.4, 0.5) is 8.78 Å². The summed E-state index contributed by atoms with van der Waals surface area (Å²) in [7, 11) is 0. The number of rotatable bonds is 8. The molecule has 2 aromatic rings. The molecule has 3 nitrogen and oxygen atoms in total. The number of halogens is 2. The Balaban J connectivity index is 2.10. The highest BCUT2D eigenvalue weighted by Crippen LogP contribution is 2.26. The molecule has 2 aromatic carbocycles. The van der Waals surface area contributed by atoms with Gasteiger partial charge in [0.05, 0.1) is 6.61 Å². The fourth-order valence-corrected chi connectivity index (χ4v) is 2.14. The Labute approximate surface area is 129 Å². The van der Waals surface area contributed by atoms with Crippen LogP contribution in [0.5, 0.6) is 0 Å². The normalized spacial score (nSPS) is 11.1. The van der Waals surface area contributed by atoms with Crippen LogP contribution in [0.2, 0.25) is 0 Å². The molecule has 0 saturated carbocycles. The van der Waals surface area contributed by atoms with E-state index < -0.39 is 0 Å². The second-order valence-electron chi connectivity index (χ2n) is 4.89. The Morgan fingerprint density at radius 1 is 0.864 bits per heavy atom. The summed E-state index contributed by atoms with van der Waals surface area (Å²) >= 11 is 0. The number of ether oxygens (including phenoxy) is 1. The van der Waals surface area contributed by atoms with Crippen molar-refractivity contribution in [1.29, 1.82) is 0 Å². The number of nitrogens with one attached hydrogen (secondary N) is 1. The number of hydrogen-bond donors (Lipinski definition) is 2. The highest BCUT2D eigenvalue weighted by molar-refractivity contribution is 5.30. The lowest BCUT2D eigenvalue weighted by molar-refractivity contribution is 0.0822. The topological polar surface area (TPSA) is 47.3 Å². The van der Waals surface area contributed by atoms with E-state index in [9.17, 15) is 8.78 Å². The largest absolute Gasteiger partial charge is 0.367 e. The van der Waals surface area contributed by atoms with Gasteiger partial charge in [-0.2, -0.15) is 0 Å². The van der Waals surface area contributed by atoms with Gasteiger partial charge in [0.1, 0.15) is 17.7 Å². The first-order valence-electron chi connectivity index (χ1n) is 7.24. The average molecular weight is 306 g/mol. The summed E-state index contributed by atoms with van der Waals surface area (Å²) in [4.78, 5) is 0. The predicted molar refractivity (Wildman–Crippen MR) is 82.5 cm³/mol. The summed E-state index contributed by atoms with van der Waals surface area (Å²) in [5.41, 5.74) is 7.06. The van der Waals surface area contributed by atoms with E-state index >= 15 is 0 Å². The molecular weight excluding hydrogens is 286 g/mol. The quantitative estimate of drug-likeness (QED) is 0.737. The Hall–Kier alpha value is -1.82. The molecule has 0 unspecified atom stereocenters. The van der Waals surface area contributed by atoms with Crippen LogP contribution in [0, 0.1) is 11.6 Å². The van der Waals surface area contributed by atoms with Crippen molar-refractivity contribution >= 4 is 0 Å². The van der Waals surface area contributed by atoms with Crippen molar-refractivity contribution in [3.05, 3.63) is 71.3 Å². The lowest BCUT2D eigenvalue weighted by atomic mass is 10.0. The molecule has 3 N–H and O–H groups in total. The lowest BCUT2D eigenvalue weighted by Crippen LogP contribution is -2.26. The van der Waals surface area contributed by atoms with Crippen LogP contribution in [-0.4, -0.2) is 26.2 Å². The van der Waals surface area contributed by atoms with Crippen LogP contribution in [0.3, 0.4) is 0 Å². The van der Waals surface area contributed by atoms with Crippen LogP contribution >= 0.6 is 0 Å². The zero-order valence-corrected chi connectivity index (χ0v) is 12.3. The van der Waals surface area contributed by atoms with Gasteiger partial charge in [-0.3, -0.25) is 0 Å². The van der Waals surface area contributed by atoms with Gasteiger partial charge in [-0.15, -0.1) is 0 Å². The number of nitrogens with two attached hydrogens (primary N) is 1. The van der Waals surface area contributed by atoms with Crippen LogP contribution in [0.25, 0.3) is 0 Å². The molecule has 0 heterocycles. The van der Waals surface area contributed by atoms with E-state index in [2.05, 4.69) is 5.32 Å². The van der Waals surface area contributed by atoms with E-state index in [0.717, 1.165) is 17.7 Å². The highest BCUT2D eigenvalue weighted by atomic mass is 19.1. The lowest BCUT2D eigenvalue weighted by Gasteiger charge is -2.19. The van der Waals surface area contributed by atoms with E-state index in [4.69, 9.17) is 10.5 Å². The van der Waals surface area contributed by atoms with Crippen molar-refractivity contribution in [2.45, 2.75) is 6.10 Å². The first-order chi connectivity index (χ1) is 10.7. The minimum Gasteiger partial charge on any atom is -0.367 e. The molecule has 0 fully saturated rings. The first kappa shape index (κ1) is 16.5. The SMILES string of the molecule is NCCNCCOC(c1ccc(F)cc1)c1ccc(F)cc1. The standard InChI is InChI=1S/C17H20F2N2O/c18-15-5-1-13(2-6-15)17(22-12-11-21-10-9-20)14-3-7-16(19)8-4-14/h1-8,17,21H,9-12,20H2. The molecular formula is C17H20F2N2O. The van der Waals surface area contributed by atoms with Gasteiger partial charge < -0.3 is 15.8 Å². The van der Waals surface area contributed by atoms with Crippen LogP contribution in [0.1, 0.15) is 17.2 Å². The predicted octanol–water partition coefficient (Wildman–Crippen LogP) is 2.62. The molecule has 0 aliphatic heterocycles. The van der Waals surface area contributed by atoms with E-state index in [-0.39, 0.29) is 17.7 Å². The molecule has 0 saturated heterocycles. The third-order valence-electron chi connectivity index (χ3n) is 3.23. The van der Waals surface area contributed by atoms with Gasteiger partial charge in [0.15, 0.2) is 0 Å². The summed E-state index contributed by atoms with van der Waals surface area (Å²) in [6.45, 7) is 2.43. The maximum absolute atomic E-state index is 13.1. The molecule has 0 radical (unpaired) electrons. The van der Waals surface area contributed by atoms with Gasteiger partial charge in [0, 0.05) is 19.6 Å². The highest BCUT2D eigenvalue weighted by Gasteiger charge is 2.15. The van der Waals surface area contributed by atoms with Crippen molar-refractivity contribution in [2.75, 3.05) is 26.2 Å². The van der Waals surface area contributed by atoms with Gasteiger partial charge in [0.2, 0.25) is 0 Å². The zero-order valence-electron chi connectivity index (χ0n) is 12.3. The Bertz CT molecular complexity index is 512. The van der Waals surface area contributed by atoms with Crippen molar-refractivity contribution in [2.24, 2.45) is 5.73 Å². The average Bonchev–Trinajstić information content (AvgIpc) is 2.53. The van der Waals surface area contributed by atoms with Crippen molar-refractivity contribution < 1.29 is 13.5 Å². The maximum atomic E-state index is 13.1.